The number of imidazole rings is 1. The van der Waals surface area contributed by atoms with Gasteiger partial charge in [-0.3, -0.25) is 9.59 Å². The fraction of sp³-hybridized carbons (Fsp3) is 0.286. The van der Waals surface area contributed by atoms with Crippen molar-refractivity contribution < 1.29 is 9.59 Å². The number of fused-ring (bicyclic) bond motifs is 1. The summed E-state index contributed by atoms with van der Waals surface area (Å²) in [6.45, 7) is 0.984. The molecule has 1 saturated carbocycles. The SMILES string of the molecule is O=C(Cn1c(CNC(=O)C2CC2)nc2ccccc21)NCc1ccccc1. The van der Waals surface area contributed by atoms with E-state index < -0.39 is 0 Å². The first-order valence-electron chi connectivity index (χ1n) is 9.23. The lowest BCUT2D eigenvalue weighted by atomic mass is 10.2. The van der Waals surface area contributed by atoms with E-state index in [1.807, 2.05) is 59.2 Å². The first-order valence-corrected chi connectivity index (χ1v) is 9.23. The molecular formula is C21H22N4O2. The summed E-state index contributed by atoms with van der Waals surface area (Å²) in [7, 11) is 0. The fourth-order valence-electron chi connectivity index (χ4n) is 3.09. The molecule has 6 heteroatoms. The number of hydrogen-bond donors (Lipinski definition) is 2. The fourth-order valence-corrected chi connectivity index (χ4v) is 3.09. The van der Waals surface area contributed by atoms with Gasteiger partial charge in [-0.2, -0.15) is 0 Å². The standard InChI is InChI=1S/C21H22N4O2/c26-20(22-12-15-6-2-1-3-7-15)14-25-18-9-5-4-8-17(18)24-19(25)13-23-21(27)16-10-11-16/h1-9,16H,10-14H2,(H,22,26)(H,23,27). The van der Waals surface area contributed by atoms with E-state index in [-0.39, 0.29) is 24.3 Å². The molecule has 0 atom stereocenters. The van der Waals surface area contributed by atoms with Gasteiger partial charge in [-0.15, -0.1) is 0 Å². The van der Waals surface area contributed by atoms with E-state index in [4.69, 9.17) is 0 Å². The zero-order valence-corrected chi connectivity index (χ0v) is 15.0. The molecule has 2 N–H and O–H groups in total. The molecule has 1 aromatic heterocycles. The molecule has 1 fully saturated rings. The van der Waals surface area contributed by atoms with Crippen LogP contribution in [0.15, 0.2) is 54.6 Å². The van der Waals surface area contributed by atoms with Crippen molar-refractivity contribution >= 4 is 22.8 Å². The Kier molecular flexibility index (Phi) is 4.87. The van der Waals surface area contributed by atoms with Gasteiger partial charge in [0.15, 0.2) is 0 Å². The van der Waals surface area contributed by atoms with Crippen LogP contribution in [0.1, 0.15) is 24.2 Å². The van der Waals surface area contributed by atoms with Gasteiger partial charge in [-0.1, -0.05) is 42.5 Å². The van der Waals surface area contributed by atoms with Crippen molar-refractivity contribution in [2.24, 2.45) is 5.92 Å². The van der Waals surface area contributed by atoms with Crippen molar-refractivity contribution in [1.29, 1.82) is 0 Å². The summed E-state index contributed by atoms with van der Waals surface area (Å²) in [5.74, 6) is 0.830. The van der Waals surface area contributed by atoms with Crippen LogP contribution < -0.4 is 10.6 Å². The van der Waals surface area contributed by atoms with Crippen LogP contribution in [0.5, 0.6) is 0 Å². The number of hydrogen-bond acceptors (Lipinski definition) is 3. The summed E-state index contributed by atoms with van der Waals surface area (Å²) >= 11 is 0. The highest BCUT2D eigenvalue weighted by Gasteiger charge is 2.29. The number of amides is 2. The molecule has 4 rings (SSSR count). The van der Waals surface area contributed by atoms with Crippen molar-refractivity contribution in [2.75, 3.05) is 0 Å². The Labute approximate surface area is 157 Å². The Morgan fingerprint density at radius 1 is 0.963 bits per heavy atom. The Hall–Kier alpha value is -3.15. The third-order valence-electron chi connectivity index (χ3n) is 4.74. The van der Waals surface area contributed by atoms with E-state index >= 15 is 0 Å². The third kappa shape index (κ3) is 4.16. The number of aromatic nitrogens is 2. The maximum Gasteiger partial charge on any atom is 0.240 e. The number of benzene rings is 2. The lowest BCUT2D eigenvalue weighted by Crippen LogP contribution is -2.30. The maximum atomic E-state index is 12.5. The van der Waals surface area contributed by atoms with Gasteiger partial charge in [-0.25, -0.2) is 4.98 Å². The van der Waals surface area contributed by atoms with Gasteiger partial charge in [0.05, 0.1) is 17.6 Å². The summed E-state index contributed by atoms with van der Waals surface area (Å²) < 4.78 is 1.88. The first kappa shape index (κ1) is 17.3. The molecular weight excluding hydrogens is 340 g/mol. The largest absolute Gasteiger partial charge is 0.350 e. The Morgan fingerprint density at radius 2 is 1.70 bits per heavy atom. The van der Waals surface area contributed by atoms with Crippen molar-refractivity contribution in [3.8, 4) is 0 Å². The average molecular weight is 362 g/mol. The van der Waals surface area contributed by atoms with Gasteiger partial charge in [0, 0.05) is 12.5 Å². The van der Waals surface area contributed by atoms with Crippen LogP contribution >= 0.6 is 0 Å². The van der Waals surface area contributed by atoms with Crippen LogP contribution in [0.3, 0.4) is 0 Å². The normalized spacial score (nSPS) is 13.5. The Morgan fingerprint density at radius 3 is 2.48 bits per heavy atom. The lowest BCUT2D eigenvalue weighted by Gasteiger charge is -2.11. The van der Waals surface area contributed by atoms with E-state index in [0.717, 1.165) is 29.4 Å². The smallest absolute Gasteiger partial charge is 0.240 e. The van der Waals surface area contributed by atoms with E-state index in [1.165, 1.54) is 0 Å². The van der Waals surface area contributed by atoms with Crippen LogP contribution in [0.2, 0.25) is 0 Å². The lowest BCUT2D eigenvalue weighted by molar-refractivity contribution is -0.122. The molecule has 6 nitrogen and oxygen atoms in total. The molecule has 0 bridgehead atoms. The molecule has 138 valence electrons. The highest BCUT2D eigenvalue weighted by Crippen LogP contribution is 2.28. The second kappa shape index (κ2) is 7.61. The molecule has 1 heterocycles. The van der Waals surface area contributed by atoms with Gasteiger partial charge >= 0.3 is 0 Å². The third-order valence-corrected chi connectivity index (χ3v) is 4.74. The van der Waals surface area contributed by atoms with Crippen molar-refractivity contribution in [3.05, 3.63) is 66.0 Å². The van der Waals surface area contributed by atoms with Gasteiger partial charge in [0.2, 0.25) is 11.8 Å². The Bertz CT molecular complexity index is 961. The number of carbonyl (C=O) groups is 2. The molecule has 0 aliphatic heterocycles. The van der Waals surface area contributed by atoms with Crippen molar-refractivity contribution in [1.82, 2.24) is 20.2 Å². The van der Waals surface area contributed by atoms with E-state index in [9.17, 15) is 9.59 Å². The molecule has 27 heavy (non-hydrogen) atoms. The molecule has 0 saturated heterocycles. The molecule has 3 aromatic rings. The van der Waals surface area contributed by atoms with Crippen LogP contribution in [0.25, 0.3) is 11.0 Å². The van der Waals surface area contributed by atoms with Crippen LogP contribution in [-0.4, -0.2) is 21.4 Å². The summed E-state index contributed by atoms with van der Waals surface area (Å²) in [6.07, 6.45) is 1.92. The average Bonchev–Trinajstić information content (AvgIpc) is 3.49. The van der Waals surface area contributed by atoms with Gasteiger partial charge < -0.3 is 15.2 Å². The molecule has 2 aromatic carbocycles. The van der Waals surface area contributed by atoms with Gasteiger partial charge in [0.1, 0.15) is 12.4 Å². The topological polar surface area (TPSA) is 76.0 Å². The van der Waals surface area contributed by atoms with Crippen molar-refractivity contribution in [2.45, 2.75) is 32.5 Å². The minimum absolute atomic E-state index is 0.0714. The zero-order chi connectivity index (χ0) is 18.6. The second-order valence-corrected chi connectivity index (χ2v) is 6.86. The summed E-state index contributed by atoms with van der Waals surface area (Å²) in [6, 6.07) is 17.5. The van der Waals surface area contributed by atoms with E-state index in [0.29, 0.717) is 18.9 Å². The zero-order valence-electron chi connectivity index (χ0n) is 15.0. The van der Waals surface area contributed by atoms with E-state index in [2.05, 4.69) is 15.6 Å². The first-order chi connectivity index (χ1) is 13.2. The summed E-state index contributed by atoms with van der Waals surface area (Å²) in [4.78, 5) is 29.1. The summed E-state index contributed by atoms with van der Waals surface area (Å²) in [5, 5.41) is 5.89. The van der Waals surface area contributed by atoms with Gasteiger partial charge in [0.25, 0.3) is 0 Å². The van der Waals surface area contributed by atoms with Crippen molar-refractivity contribution in [3.63, 3.8) is 0 Å². The predicted octanol–water partition coefficient (Wildman–Crippen LogP) is 2.38. The molecule has 0 unspecified atom stereocenters. The summed E-state index contributed by atoms with van der Waals surface area (Å²) in [5.41, 5.74) is 2.77. The van der Waals surface area contributed by atoms with Crippen LogP contribution in [0, 0.1) is 5.92 Å². The molecule has 1 aliphatic rings. The maximum absolute atomic E-state index is 12.5. The van der Waals surface area contributed by atoms with E-state index in [1.54, 1.807) is 0 Å². The number of nitrogens with zero attached hydrogens (tertiary/aromatic N) is 2. The molecule has 0 spiro atoms. The van der Waals surface area contributed by atoms with Gasteiger partial charge in [-0.05, 0) is 30.5 Å². The molecule has 2 amide bonds. The minimum Gasteiger partial charge on any atom is -0.350 e. The number of para-hydroxylation sites is 2. The minimum atomic E-state index is -0.0863. The monoisotopic (exact) mass is 362 g/mol. The predicted molar refractivity (Wildman–Crippen MR) is 103 cm³/mol. The number of rotatable bonds is 7. The number of nitrogens with one attached hydrogen (secondary N) is 2. The Balaban J connectivity index is 1.47. The highest BCUT2D eigenvalue weighted by molar-refractivity contribution is 5.82. The molecule has 0 radical (unpaired) electrons. The highest BCUT2D eigenvalue weighted by atomic mass is 16.2. The van der Waals surface area contributed by atoms with Crippen LogP contribution in [-0.2, 0) is 29.2 Å². The van der Waals surface area contributed by atoms with Crippen LogP contribution in [0.4, 0.5) is 0 Å². The second-order valence-electron chi connectivity index (χ2n) is 6.86. The molecule has 1 aliphatic carbocycles. The number of carbonyl (C=O) groups excluding carboxylic acids is 2. The quantitative estimate of drug-likeness (QED) is 0.678.